The van der Waals surface area contributed by atoms with E-state index < -0.39 is 0 Å². The highest BCUT2D eigenvalue weighted by molar-refractivity contribution is 6.11. The van der Waals surface area contributed by atoms with Crippen molar-refractivity contribution in [1.29, 1.82) is 5.26 Å². The van der Waals surface area contributed by atoms with E-state index in [1.165, 1.54) is 0 Å². The first kappa shape index (κ1) is 11.8. The van der Waals surface area contributed by atoms with E-state index in [0.29, 0.717) is 12.2 Å². The molecule has 2 aromatic rings. The van der Waals surface area contributed by atoms with Crippen molar-refractivity contribution in [3.8, 4) is 6.07 Å². The summed E-state index contributed by atoms with van der Waals surface area (Å²) in [5, 5.41) is 12.8. The van der Waals surface area contributed by atoms with Gasteiger partial charge in [-0.2, -0.15) is 5.26 Å². The first-order chi connectivity index (χ1) is 8.90. The van der Waals surface area contributed by atoms with Gasteiger partial charge in [0.1, 0.15) is 12.7 Å². The zero-order valence-electron chi connectivity index (χ0n) is 9.65. The molecule has 1 heterocycles. The van der Waals surface area contributed by atoms with Gasteiger partial charge in [0.15, 0.2) is 5.71 Å². The summed E-state index contributed by atoms with van der Waals surface area (Å²) in [5.41, 5.74) is 1.87. The fraction of sp³-hybridized carbons (Fsp3) is 0.0714. The van der Waals surface area contributed by atoms with Gasteiger partial charge in [0.2, 0.25) is 0 Å². The number of aromatic nitrogens is 1. The molecule has 0 saturated carbocycles. The molecular weight excluding hydrogens is 226 g/mol. The molecule has 0 unspecified atom stereocenters. The molecule has 1 aromatic carbocycles. The largest absolute Gasteiger partial charge is 0.390 e. The van der Waals surface area contributed by atoms with Gasteiger partial charge in [0.25, 0.3) is 0 Å². The van der Waals surface area contributed by atoms with E-state index in [9.17, 15) is 0 Å². The number of benzene rings is 1. The number of nitrogens with zero attached hydrogens (tertiary/aromatic N) is 3. The third kappa shape index (κ3) is 3.16. The first-order valence-electron chi connectivity index (χ1n) is 5.44. The highest BCUT2D eigenvalue weighted by Crippen LogP contribution is 2.03. The van der Waals surface area contributed by atoms with Crippen molar-refractivity contribution in [2.45, 2.75) is 6.61 Å². The van der Waals surface area contributed by atoms with Crippen LogP contribution >= 0.6 is 0 Å². The number of pyridine rings is 1. The number of nitriles is 1. The van der Waals surface area contributed by atoms with Crippen molar-refractivity contribution in [3.05, 3.63) is 66.0 Å². The van der Waals surface area contributed by atoms with Crippen LogP contribution in [-0.2, 0) is 11.4 Å². The number of rotatable bonds is 4. The highest BCUT2D eigenvalue weighted by Gasteiger charge is 2.02. The van der Waals surface area contributed by atoms with Crippen LogP contribution in [0.25, 0.3) is 0 Å². The summed E-state index contributed by atoms with van der Waals surface area (Å²) in [4.78, 5) is 9.10. The lowest BCUT2D eigenvalue weighted by atomic mass is 10.2. The average Bonchev–Trinajstić information content (AvgIpc) is 2.46. The third-order valence-corrected chi connectivity index (χ3v) is 2.27. The lowest BCUT2D eigenvalue weighted by Crippen LogP contribution is -1.99. The van der Waals surface area contributed by atoms with Crippen molar-refractivity contribution in [3.63, 3.8) is 0 Å². The fourth-order valence-electron chi connectivity index (χ4n) is 1.39. The molecule has 1 aromatic heterocycles. The maximum absolute atomic E-state index is 8.99. The monoisotopic (exact) mass is 237 g/mol. The summed E-state index contributed by atoms with van der Waals surface area (Å²) < 4.78 is 0. The summed E-state index contributed by atoms with van der Waals surface area (Å²) in [6, 6.07) is 15.2. The Balaban J connectivity index is 2.02. The first-order valence-corrected chi connectivity index (χ1v) is 5.44. The quantitative estimate of drug-likeness (QED) is 0.606. The highest BCUT2D eigenvalue weighted by atomic mass is 16.6. The van der Waals surface area contributed by atoms with Gasteiger partial charge in [-0.15, -0.1) is 0 Å². The topological polar surface area (TPSA) is 58.3 Å². The summed E-state index contributed by atoms with van der Waals surface area (Å²) in [6.07, 6.45) is 3.22. The Labute approximate surface area is 105 Å². The molecule has 0 aliphatic heterocycles. The molecule has 0 N–H and O–H groups in total. The SMILES string of the molecule is N#CC(=NOCc1ccccc1)c1cccnc1. The number of hydrogen-bond donors (Lipinski definition) is 0. The maximum Gasteiger partial charge on any atom is 0.188 e. The van der Waals surface area contributed by atoms with E-state index in [0.717, 1.165) is 5.56 Å². The van der Waals surface area contributed by atoms with Crippen LogP contribution in [0.2, 0.25) is 0 Å². The summed E-state index contributed by atoms with van der Waals surface area (Å²) in [5.74, 6) is 0. The minimum atomic E-state index is 0.221. The van der Waals surface area contributed by atoms with Crippen molar-refractivity contribution in [2.24, 2.45) is 5.16 Å². The molecule has 0 fully saturated rings. The predicted octanol–water partition coefficient (Wildman–Crippen LogP) is 2.53. The molecular formula is C14H11N3O. The third-order valence-electron chi connectivity index (χ3n) is 2.27. The van der Waals surface area contributed by atoms with Crippen molar-refractivity contribution in [1.82, 2.24) is 4.98 Å². The van der Waals surface area contributed by atoms with Crippen LogP contribution in [0.3, 0.4) is 0 Å². The van der Waals surface area contributed by atoms with Gasteiger partial charge in [-0.1, -0.05) is 35.5 Å². The van der Waals surface area contributed by atoms with Gasteiger partial charge >= 0.3 is 0 Å². The van der Waals surface area contributed by atoms with Gasteiger partial charge in [0, 0.05) is 18.0 Å². The molecule has 0 bridgehead atoms. The van der Waals surface area contributed by atoms with Crippen LogP contribution in [0.1, 0.15) is 11.1 Å². The standard InChI is InChI=1S/C14H11N3O/c15-9-14(13-7-4-8-16-10-13)17-18-11-12-5-2-1-3-6-12/h1-8,10H,11H2. The van der Waals surface area contributed by atoms with Crippen molar-refractivity contribution >= 4 is 5.71 Å². The molecule has 4 heteroatoms. The molecule has 18 heavy (non-hydrogen) atoms. The summed E-state index contributed by atoms with van der Waals surface area (Å²) >= 11 is 0. The molecule has 4 nitrogen and oxygen atoms in total. The number of oxime groups is 1. The Bertz CT molecular complexity index is 559. The minimum Gasteiger partial charge on any atom is -0.390 e. The molecule has 0 atom stereocenters. The fourth-order valence-corrected chi connectivity index (χ4v) is 1.39. The molecule has 0 amide bonds. The van der Waals surface area contributed by atoms with E-state index >= 15 is 0 Å². The lowest BCUT2D eigenvalue weighted by Gasteiger charge is -2.00. The van der Waals surface area contributed by atoms with Crippen LogP contribution in [0.5, 0.6) is 0 Å². The van der Waals surface area contributed by atoms with E-state index in [4.69, 9.17) is 10.1 Å². The van der Waals surface area contributed by atoms with Gasteiger partial charge < -0.3 is 4.84 Å². The lowest BCUT2D eigenvalue weighted by molar-refractivity contribution is 0.131. The molecule has 0 saturated heterocycles. The Morgan fingerprint density at radius 3 is 2.72 bits per heavy atom. The molecule has 2 rings (SSSR count). The second-order valence-electron chi connectivity index (χ2n) is 3.55. The van der Waals surface area contributed by atoms with Crippen LogP contribution in [0.15, 0.2) is 60.0 Å². The molecule has 0 radical (unpaired) electrons. The van der Waals surface area contributed by atoms with Crippen LogP contribution in [-0.4, -0.2) is 10.7 Å². The Hall–Kier alpha value is -2.67. The van der Waals surface area contributed by atoms with Gasteiger partial charge in [-0.3, -0.25) is 4.98 Å². The maximum atomic E-state index is 8.99. The smallest absolute Gasteiger partial charge is 0.188 e. The van der Waals surface area contributed by atoms with Gasteiger partial charge in [-0.25, -0.2) is 0 Å². The van der Waals surface area contributed by atoms with Crippen LogP contribution < -0.4 is 0 Å². The summed E-state index contributed by atoms with van der Waals surface area (Å²) in [7, 11) is 0. The Kier molecular flexibility index (Phi) is 4.04. The Morgan fingerprint density at radius 1 is 1.22 bits per heavy atom. The van der Waals surface area contributed by atoms with Gasteiger partial charge in [-0.05, 0) is 17.7 Å². The van der Waals surface area contributed by atoms with Crippen molar-refractivity contribution < 1.29 is 4.84 Å². The normalized spacial score (nSPS) is 10.7. The van der Waals surface area contributed by atoms with Crippen molar-refractivity contribution in [2.75, 3.05) is 0 Å². The second-order valence-corrected chi connectivity index (χ2v) is 3.55. The second kappa shape index (κ2) is 6.16. The average molecular weight is 237 g/mol. The van der Waals surface area contributed by atoms with Crippen LogP contribution in [0, 0.1) is 11.3 Å². The zero-order chi connectivity index (χ0) is 12.6. The summed E-state index contributed by atoms with van der Waals surface area (Å²) in [6.45, 7) is 0.340. The van der Waals surface area contributed by atoms with E-state index in [2.05, 4.69) is 10.1 Å². The van der Waals surface area contributed by atoms with Crippen LogP contribution in [0.4, 0.5) is 0 Å². The van der Waals surface area contributed by atoms with E-state index in [-0.39, 0.29) is 5.71 Å². The molecule has 0 spiro atoms. The molecule has 88 valence electrons. The zero-order valence-corrected chi connectivity index (χ0v) is 9.65. The predicted molar refractivity (Wildman–Crippen MR) is 67.6 cm³/mol. The Morgan fingerprint density at radius 2 is 2.06 bits per heavy atom. The molecule has 0 aliphatic carbocycles. The van der Waals surface area contributed by atoms with Gasteiger partial charge in [0.05, 0.1) is 0 Å². The minimum absolute atomic E-state index is 0.221. The molecule has 0 aliphatic rings. The van der Waals surface area contributed by atoms with E-state index in [1.807, 2.05) is 36.4 Å². The van der Waals surface area contributed by atoms with E-state index in [1.54, 1.807) is 24.5 Å². The number of hydrogen-bond acceptors (Lipinski definition) is 4.